The van der Waals surface area contributed by atoms with E-state index in [0.29, 0.717) is 25.7 Å². The molecule has 0 radical (unpaired) electrons. The van der Waals surface area contributed by atoms with Gasteiger partial charge in [-0.25, -0.2) is 0 Å². The van der Waals surface area contributed by atoms with E-state index in [4.69, 9.17) is 4.74 Å². The Morgan fingerprint density at radius 3 is 2.63 bits per heavy atom. The van der Waals surface area contributed by atoms with Gasteiger partial charge in [-0.3, -0.25) is 9.69 Å². The van der Waals surface area contributed by atoms with Crippen LogP contribution in [0.2, 0.25) is 0 Å². The topological polar surface area (TPSA) is 53.6 Å². The predicted molar refractivity (Wildman–Crippen MR) is 108 cm³/mol. The van der Waals surface area contributed by atoms with Crippen LogP contribution in [0.15, 0.2) is 54.6 Å². The second-order valence-corrected chi connectivity index (χ2v) is 7.01. The molecule has 3 rings (SSSR count). The predicted octanol–water partition coefficient (Wildman–Crippen LogP) is 2.57. The number of para-hydroxylation sites is 1. The van der Waals surface area contributed by atoms with Crippen LogP contribution in [0.1, 0.15) is 24.0 Å². The molecule has 1 atom stereocenters. The van der Waals surface area contributed by atoms with Crippen LogP contribution in [0.5, 0.6) is 5.75 Å². The number of ether oxygens (including phenoxy) is 1. The molecule has 1 fully saturated rings. The van der Waals surface area contributed by atoms with Gasteiger partial charge in [-0.05, 0) is 49.7 Å². The lowest BCUT2D eigenvalue weighted by Crippen LogP contribution is -2.47. The molecule has 1 unspecified atom stereocenters. The number of nitrogens with one attached hydrogen (secondary N) is 2. The summed E-state index contributed by atoms with van der Waals surface area (Å²) in [6, 6.07) is 18.4. The number of benzene rings is 2. The van der Waals surface area contributed by atoms with Crippen molar-refractivity contribution in [1.82, 2.24) is 15.5 Å². The van der Waals surface area contributed by atoms with Gasteiger partial charge in [0, 0.05) is 19.1 Å². The number of hydrogen-bond donors (Lipinski definition) is 2. The van der Waals surface area contributed by atoms with Gasteiger partial charge in [-0.2, -0.15) is 0 Å². The number of hydrogen-bond acceptors (Lipinski definition) is 4. The molecule has 1 aliphatic heterocycles. The first-order valence-corrected chi connectivity index (χ1v) is 9.65. The third-order valence-corrected chi connectivity index (χ3v) is 5.01. The molecule has 144 valence electrons. The molecule has 27 heavy (non-hydrogen) atoms. The maximum Gasteiger partial charge on any atom is 0.234 e. The Labute approximate surface area is 161 Å². The first-order chi connectivity index (χ1) is 13.2. The number of nitrogens with zero attached hydrogens (tertiary/aromatic N) is 1. The Hall–Kier alpha value is -2.37. The van der Waals surface area contributed by atoms with Crippen LogP contribution in [0.3, 0.4) is 0 Å². The smallest absolute Gasteiger partial charge is 0.234 e. The molecule has 0 spiro atoms. The number of carbonyl (C=O) groups is 1. The van der Waals surface area contributed by atoms with E-state index >= 15 is 0 Å². The van der Waals surface area contributed by atoms with Crippen LogP contribution >= 0.6 is 0 Å². The summed E-state index contributed by atoms with van der Waals surface area (Å²) >= 11 is 0. The molecule has 1 aliphatic rings. The molecule has 1 saturated heterocycles. The van der Waals surface area contributed by atoms with Gasteiger partial charge in [0.25, 0.3) is 0 Å². The van der Waals surface area contributed by atoms with Gasteiger partial charge in [0.2, 0.25) is 5.91 Å². The Morgan fingerprint density at radius 1 is 1.11 bits per heavy atom. The van der Waals surface area contributed by atoms with Crippen molar-refractivity contribution in [3.8, 4) is 5.75 Å². The molecule has 0 bridgehead atoms. The van der Waals surface area contributed by atoms with E-state index in [1.165, 1.54) is 6.42 Å². The summed E-state index contributed by atoms with van der Waals surface area (Å²) in [5, 5.41) is 6.37. The van der Waals surface area contributed by atoms with Gasteiger partial charge in [-0.15, -0.1) is 0 Å². The van der Waals surface area contributed by atoms with Crippen LogP contribution in [-0.2, 0) is 17.9 Å². The van der Waals surface area contributed by atoms with Gasteiger partial charge in [0.1, 0.15) is 12.4 Å². The van der Waals surface area contributed by atoms with Gasteiger partial charge in [-0.1, -0.05) is 42.5 Å². The van der Waals surface area contributed by atoms with Crippen LogP contribution in [0.4, 0.5) is 0 Å². The average molecular weight is 367 g/mol. The van der Waals surface area contributed by atoms with Gasteiger partial charge < -0.3 is 15.4 Å². The fourth-order valence-electron chi connectivity index (χ4n) is 3.44. The summed E-state index contributed by atoms with van der Waals surface area (Å²) in [5.41, 5.74) is 2.18. The quantitative estimate of drug-likeness (QED) is 0.753. The highest BCUT2D eigenvalue weighted by Gasteiger charge is 2.20. The zero-order valence-corrected chi connectivity index (χ0v) is 16.0. The molecule has 5 nitrogen and oxygen atoms in total. The van der Waals surface area contributed by atoms with Crippen molar-refractivity contribution in [2.75, 3.05) is 26.7 Å². The maximum absolute atomic E-state index is 12.4. The van der Waals surface area contributed by atoms with Crippen LogP contribution in [-0.4, -0.2) is 43.5 Å². The molecular weight excluding hydrogens is 338 g/mol. The standard InChI is InChI=1S/C22H29N3O2/c1-23-20-10-7-13-25(15-20)16-22(26)24-14-18-8-5-6-9-19(18)17-27-21-11-3-2-4-12-21/h2-6,8-9,11-12,20,23H,7,10,13-17H2,1H3,(H,24,26). The first kappa shape index (κ1) is 19.4. The summed E-state index contributed by atoms with van der Waals surface area (Å²) in [5.74, 6) is 0.922. The highest BCUT2D eigenvalue weighted by molar-refractivity contribution is 5.78. The lowest BCUT2D eigenvalue weighted by Gasteiger charge is -2.31. The largest absolute Gasteiger partial charge is 0.489 e. The van der Waals surface area contributed by atoms with Crippen LogP contribution in [0.25, 0.3) is 0 Å². The van der Waals surface area contributed by atoms with E-state index in [-0.39, 0.29) is 5.91 Å². The zero-order chi connectivity index (χ0) is 18.9. The maximum atomic E-state index is 12.4. The third kappa shape index (κ3) is 6.08. The molecule has 5 heteroatoms. The number of piperidine rings is 1. The molecular formula is C22H29N3O2. The van der Waals surface area contributed by atoms with E-state index in [2.05, 4.69) is 15.5 Å². The van der Waals surface area contributed by atoms with E-state index in [9.17, 15) is 4.79 Å². The Balaban J connectivity index is 1.49. The number of amides is 1. The highest BCUT2D eigenvalue weighted by Crippen LogP contribution is 2.15. The number of rotatable bonds is 8. The summed E-state index contributed by atoms with van der Waals surface area (Å²) < 4.78 is 5.86. The van der Waals surface area contributed by atoms with Crippen molar-refractivity contribution in [1.29, 1.82) is 0 Å². The van der Waals surface area contributed by atoms with Crippen molar-refractivity contribution in [2.24, 2.45) is 0 Å². The number of likely N-dealkylation sites (tertiary alicyclic amines) is 1. The van der Waals surface area contributed by atoms with Crippen molar-refractivity contribution >= 4 is 5.91 Å². The second-order valence-electron chi connectivity index (χ2n) is 7.01. The van der Waals surface area contributed by atoms with Gasteiger partial charge in [0.05, 0.1) is 6.54 Å². The highest BCUT2D eigenvalue weighted by atomic mass is 16.5. The Morgan fingerprint density at radius 2 is 1.85 bits per heavy atom. The van der Waals surface area contributed by atoms with Gasteiger partial charge in [0.15, 0.2) is 0 Å². The van der Waals surface area contributed by atoms with Gasteiger partial charge >= 0.3 is 0 Å². The minimum absolute atomic E-state index is 0.0746. The van der Waals surface area contributed by atoms with Crippen LogP contribution < -0.4 is 15.4 Å². The van der Waals surface area contributed by atoms with Crippen molar-refractivity contribution in [3.63, 3.8) is 0 Å². The summed E-state index contributed by atoms with van der Waals surface area (Å²) in [7, 11) is 1.99. The molecule has 2 N–H and O–H groups in total. The molecule has 0 aromatic heterocycles. The lowest BCUT2D eigenvalue weighted by molar-refractivity contribution is -0.122. The molecule has 2 aromatic rings. The zero-order valence-electron chi connectivity index (χ0n) is 16.0. The molecule has 1 amide bonds. The van der Waals surface area contributed by atoms with Crippen molar-refractivity contribution < 1.29 is 9.53 Å². The molecule has 1 heterocycles. The van der Waals surface area contributed by atoms with E-state index < -0.39 is 0 Å². The summed E-state index contributed by atoms with van der Waals surface area (Å²) in [6.07, 6.45) is 2.32. The fraction of sp³-hybridized carbons (Fsp3) is 0.409. The molecule has 0 aliphatic carbocycles. The number of likely N-dealkylation sites (N-methyl/N-ethyl adjacent to an activating group) is 1. The van der Waals surface area contributed by atoms with E-state index in [0.717, 1.165) is 36.4 Å². The molecule has 2 aromatic carbocycles. The van der Waals surface area contributed by atoms with E-state index in [1.54, 1.807) is 0 Å². The van der Waals surface area contributed by atoms with Crippen molar-refractivity contribution in [2.45, 2.75) is 32.0 Å². The van der Waals surface area contributed by atoms with Crippen LogP contribution in [0, 0.1) is 0 Å². The Bertz CT molecular complexity index is 721. The third-order valence-electron chi connectivity index (χ3n) is 5.01. The molecule has 0 saturated carbocycles. The minimum atomic E-state index is 0.0746. The lowest BCUT2D eigenvalue weighted by atomic mass is 10.1. The first-order valence-electron chi connectivity index (χ1n) is 9.65. The van der Waals surface area contributed by atoms with Crippen molar-refractivity contribution in [3.05, 3.63) is 65.7 Å². The number of carbonyl (C=O) groups excluding carboxylic acids is 1. The minimum Gasteiger partial charge on any atom is -0.489 e. The fourth-order valence-corrected chi connectivity index (χ4v) is 3.44. The Kier molecular flexibility index (Phi) is 7.25. The summed E-state index contributed by atoms with van der Waals surface area (Å²) in [6.45, 7) is 3.40. The second kappa shape index (κ2) is 10.1. The average Bonchev–Trinajstić information content (AvgIpc) is 2.72. The van der Waals surface area contributed by atoms with E-state index in [1.807, 2.05) is 61.6 Å². The monoisotopic (exact) mass is 367 g/mol. The SMILES string of the molecule is CNC1CCCN(CC(=O)NCc2ccccc2COc2ccccc2)C1. The summed E-state index contributed by atoms with van der Waals surface area (Å²) in [4.78, 5) is 14.6. The normalized spacial score (nSPS) is 17.4.